The van der Waals surface area contributed by atoms with Gasteiger partial charge >= 0.3 is 5.97 Å². The molecule has 1 amide bonds. The molecule has 3 saturated heterocycles. The van der Waals surface area contributed by atoms with Crippen LogP contribution in [0.4, 0.5) is 0 Å². The van der Waals surface area contributed by atoms with Gasteiger partial charge in [-0.2, -0.15) is 0 Å². The largest absolute Gasteiger partial charge is 0.488 e. The number of benzene rings is 1. The molecule has 7 nitrogen and oxygen atoms in total. The van der Waals surface area contributed by atoms with Gasteiger partial charge in [0.2, 0.25) is 0 Å². The number of hydrogen-bond donors (Lipinski definition) is 1. The molecule has 1 aromatic carbocycles. The quantitative estimate of drug-likeness (QED) is 0.512. The van der Waals surface area contributed by atoms with E-state index in [4.69, 9.17) is 14.2 Å². The lowest BCUT2D eigenvalue weighted by Crippen LogP contribution is -2.56. The molecule has 6 rings (SSSR count). The van der Waals surface area contributed by atoms with Crippen LogP contribution in [-0.4, -0.2) is 58.6 Å². The number of ether oxygens (including phenoxy) is 3. The summed E-state index contributed by atoms with van der Waals surface area (Å²) in [5, 5.41) is 9.76. The number of carboxylic acid groups (broad SMARTS) is 1. The van der Waals surface area contributed by atoms with Crippen molar-refractivity contribution >= 4 is 11.9 Å². The normalized spacial score (nSPS) is 42.3. The Morgan fingerprint density at radius 2 is 1.72 bits per heavy atom. The summed E-state index contributed by atoms with van der Waals surface area (Å²) < 4.78 is 19.6. The van der Waals surface area contributed by atoms with Crippen LogP contribution in [0.15, 0.2) is 24.3 Å². The summed E-state index contributed by atoms with van der Waals surface area (Å²) in [5.74, 6) is 2.70. The second kappa shape index (κ2) is 10.7. The summed E-state index contributed by atoms with van der Waals surface area (Å²) >= 11 is 0. The van der Waals surface area contributed by atoms with E-state index < -0.39 is 12.0 Å². The van der Waals surface area contributed by atoms with Gasteiger partial charge in [-0.15, -0.1) is 0 Å². The van der Waals surface area contributed by atoms with Gasteiger partial charge in [0.1, 0.15) is 24.0 Å². The number of hydrogen-bond acceptors (Lipinski definition) is 5. The maximum atomic E-state index is 13.4. The molecule has 0 aromatic heterocycles. The molecule has 5 aliphatic rings. The molecule has 12 atom stereocenters. The molecule has 3 aliphatic heterocycles. The minimum Gasteiger partial charge on any atom is -0.488 e. The first-order chi connectivity index (χ1) is 18.7. The molecule has 214 valence electrons. The Bertz CT molecular complexity index is 1060. The van der Waals surface area contributed by atoms with Gasteiger partial charge in [-0.25, -0.2) is 4.79 Å². The van der Waals surface area contributed by atoms with E-state index in [0.29, 0.717) is 47.3 Å². The molecule has 1 aromatic rings. The van der Waals surface area contributed by atoms with Crippen LogP contribution in [0.1, 0.15) is 89.4 Å². The molecule has 5 fully saturated rings. The first kappa shape index (κ1) is 27.1. The van der Waals surface area contributed by atoms with Crippen LogP contribution in [0.25, 0.3) is 0 Å². The van der Waals surface area contributed by atoms with Crippen molar-refractivity contribution in [2.45, 2.75) is 116 Å². The zero-order chi connectivity index (χ0) is 27.4. The van der Waals surface area contributed by atoms with Crippen molar-refractivity contribution in [2.24, 2.45) is 35.5 Å². The number of amides is 1. The molecule has 0 bridgehead atoms. The molecule has 3 heterocycles. The summed E-state index contributed by atoms with van der Waals surface area (Å²) in [5.41, 5.74) is 0.516. The van der Waals surface area contributed by atoms with Gasteiger partial charge in [0, 0.05) is 17.5 Å². The highest BCUT2D eigenvalue weighted by Crippen LogP contribution is 2.53. The summed E-state index contributed by atoms with van der Waals surface area (Å²) in [4.78, 5) is 27.0. The molecule has 2 aliphatic carbocycles. The first-order valence-electron chi connectivity index (χ1n) is 15.4. The summed E-state index contributed by atoms with van der Waals surface area (Å²) in [6.07, 6.45) is 8.14. The Kier molecular flexibility index (Phi) is 7.42. The van der Waals surface area contributed by atoms with Crippen LogP contribution >= 0.6 is 0 Å². The smallest absolute Gasteiger partial charge is 0.326 e. The predicted molar refractivity (Wildman–Crippen MR) is 146 cm³/mol. The molecule has 1 N–H and O–H groups in total. The van der Waals surface area contributed by atoms with E-state index >= 15 is 0 Å². The van der Waals surface area contributed by atoms with Crippen LogP contribution in [0.2, 0.25) is 0 Å². The number of likely N-dealkylation sites (tertiary alicyclic amines) is 1. The van der Waals surface area contributed by atoms with Gasteiger partial charge in [0.15, 0.2) is 6.29 Å². The van der Waals surface area contributed by atoms with Crippen molar-refractivity contribution in [2.75, 3.05) is 0 Å². The van der Waals surface area contributed by atoms with Crippen molar-refractivity contribution in [1.82, 2.24) is 4.90 Å². The summed E-state index contributed by atoms with van der Waals surface area (Å²) in [7, 11) is 0. The van der Waals surface area contributed by atoms with E-state index in [9.17, 15) is 14.7 Å². The van der Waals surface area contributed by atoms with E-state index in [1.165, 1.54) is 19.3 Å². The second-order valence-corrected chi connectivity index (χ2v) is 13.2. The fourth-order valence-electron chi connectivity index (χ4n) is 8.96. The summed E-state index contributed by atoms with van der Waals surface area (Å²) in [6, 6.07) is 6.53. The monoisotopic (exact) mass is 539 g/mol. The van der Waals surface area contributed by atoms with Crippen molar-refractivity contribution < 1.29 is 28.9 Å². The predicted octanol–water partition coefficient (Wildman–Crippen LogP) is 5.76. The molecule has 0 spiro atoms. The number of carbonyl (C=O) groups is 2. The topological polar surface area (TPSA) is 85.3 Å². The zero-order valence-electron chi connectivity index (χ0n) is 23.8. The molecule has 2 saturated carbocycles. The fraction of sp³-hybridized carbons (Fsp3) is 0.750. The number of carbonyl (C=O) groups excluding carboxylic acids is 1. The van der Waals surface area contributed by atoms with Gasteiger partial charge in [0.05, 0.1) is 6.10 Å². The van der Waals surface area contributed by atoms with E-state index in [1.54, 1.807) is 17.0 Å². The standard InChI is InChI=1S/C32H45NO6/c1-17-8-14-25-19(3)29(39-32-28(25)24(17)15-9-18(2)37-32)20(4)38-23-12-10-21(11-13-23)30(34)33-26-7-5-6-22(26)16-27(33)31(35)36/h10-13,17-20,22,24-29,32H,5-9,14-16H2,1-4H3,(H,35,36)/t17-,18?,19-,20-,22+,24+,25+,26+,27+,28?,29+,32+/m1/s1. The average molecular weight is 540 g/mol. The maximum Gasteiger partial charge on any atom is 0.326 e. The Morgan fingerprint density at radius 3 is 2.46 bits per heavy atom. The highest BCUT2D eigenvalue weighted by Gasteiger charge is 2.53. The molecule has 7 heteroatoms. The van der Waals surface area contributed by atoms with Crippen LogP contribution in [0.5, 0.6) is 5.75 Å². The van der Waals surface area contributed by atoms with Crippen LogP contribution in [-0.2, 0) is 14.3 Å². The second-order valence-electron chi connectivity index (χ2n) is 13.2. The molecular formula is C32H45NO6. The Hall–Kier alpha value is -2.12. The van der Waals surface area contributed by atoms with E-state index in [2.05, 4.69) is 27.7 Å². The summed E-state index contributed by atoms with van der Waals surface area (Å²) in [6.45, 7) is 8.97. The number of rotatable bonds is 5. The minimum atomic E-state index is -0.902. The van der Waals surface area contributed by atoms with Crippen molar-refractivity contribution in [3.63, 3.8) is 0 Å². The average Bonchev–Trinajstić information content (AvgIpc) is 3.46. The highest BCUT2D eigenvalue weighted by molar-refractivity contribution is 5.97. The van der Waals surface area contributed by atoms with E-state index in [1.807, 2.05) is 12.1 Å². The van der Waals surface area contributed by atoms with Crippen LogP contribution < -0.4 is 4.74 Å². The van der Waals surface area contributed by atoms with Gasteiger partial charge in [-0.05, 0) is 106 Å². The number of aliphatic carboxylic acids is 1. The van der Waals surface area contributed by atoms with Crippen molar-refractivity contribution in [3.8, 4) is 5.75 Å². The van der Waals surface area contributed by atoms with Gasteiger partial charge in [-0.1, -0.05) is 26.7 Å². The number of carboxylic acids is 1. The minimum absolute atomic E-state index is 0.0413. The molecular weight excluding hydrogens is 494 g/mol. The Morgan fingerprint density at radius 1 is 0.974 bits per heavy atom. The lowest BCUT2D eigenvalue weighted by molar-refractivity contribution is -0.288. The number of nitrogens with zero attached hydrogens (tertiary/aromatic N) is 1. The van der Waals surface area contributed by atoms with Crippen LogP contribution in [0, 0.1) is 35.5 Å². The number of fused-ring (bicyclic) bond motifs is 1. The fourth-order valence-corrected chi connectivity index (χ4v) is 8.96. The highest BCUT2D eigenvalue weighted by atomic mass is 16.7. The maximum absolute atomic E-state index is 13.4. The third-order valence-electron chi connectivity index (χ3n) is 11.0. The van der Waals surface area contributed by atoms with Crippen molar-refractivity contribution in [1.29, 1.82) is 0 Å². The Labute approximate surface area is 232 Å². The first-order valence-corrected chi connectivity index (χ1v) is 15.4. The molecule has 2 unspecified atom stereocenters. The van der Waals surface area contributed by atoms with E-state index in [0.717, 1.165) is 31.6 Å². The third kappa shape index (κ3) is 4.88. The third-order valence-corrected chi connectivity index (χ3v) is 11.0. The van der Waals surface area contributed by atoms with Crippen molar-refractivity contribution in [3.05, 3.63) is 29.8 Å². The van der Waals surface area contributed by atoms with Crippen LogP contribution in [0.3, 0.4) is 0 Å². The Balaban J connectivity index is 1.14. The van der Waals surface area contributed by atoms with Gasteiger partial charge < -0.3 is 24.2 Å². The van der Waals surface area contributed by atoms with E-state index in [-0.39, 0.29) is 36.6 Å². The SMILES string of the molecule is CC1CC[C@@H]2C3[C@@H](O1)O[C@H]([C@@H](C)Oc1ccc(C(=O)N4[C@H](C(=O)O)C[C@@H]5CCC[C@@H]54)cc1)[C@H](C)[C@@H]3CC[C@H]2C. The van der Waals surface area contributed by atoms with Gasteiger partial charge in [-0.3, -0.25) is 4.79 Å². The lowest BCUT2D eigenvalue weighted by Gasteiger charge is -2.53. The molecule has 39 heavy (non-hydrogen) atoms. The zero-order valence-corrected chi connectivity index (χ0v) is 23.8. The van der Waals surface area contributed by atoms with Gasteiger partial charge in [0.25, 0.3) is 5.91 Å². The lowest BCUT2D eigenvalue weighted by atomic mass is 9.60. The molecule has 0 radical (unpaired) electrons.